The largest absolute Gasteiger partial charge is 0.293 e. The molecule has 0 saturated carbocycles. The first kappa shape index (κ1) is 16.2. The predicted molar refractivity (Wildman–Crippen MR) is 88.6 cm³/mol. The van der Waals surface area contributed by atoms with Crippen LogP contribution < -0.4 is 5.32 Å². The number of anilines is 1. The molecule has 0 spiro atoms. The number of benzene rings is 1. The van der Waals surface area contributed by atoms with Gasteiger partial charge in [-0.25, -0.2) is 0 Å². The molecule has 0 unspecified atom stereocenters. The van der Waals surface area contributed by atoms with Gasteiger partial charge in [-0.1, -0.05) is 58.9 Å². The second kappa shape index (κ2) is 6.30. The van der Waals surface area contributed by atoms with Crippen molar-refractivity contribution in [3.63, 3.8) is 0 Å². The summed E-state index contributed by atoms with van der Waals surface area (Å²) in [5.41, 5.74) is 2.33. The molecule has 1 atom stereocenters. The highest BCUT2D eigenvalue weighted by atomic mass is 16.2. The van der Waals surface area contributed by atoms with E-state index in [1.54, 1.807) is 0 Å². The van der Waals surface area contributed by atoms with Gasteiger partial charge < -0.3 is 0 Å². The number of carbonyl (C=O) groups is 1. The number of rotatable bonds is 4. The van der Waals surface area contributed by atoms with Gasteiger partial charge in [-0.15, -0.1) is 5.10 Å². The maximum Gasteiger partial charge on any atom is 0.249 e. The van der Waals surface area contributed by atoms with E-state index in [0.717, 1.165) is 12.0 Å². The zero-order valence-electron chi connectivity index (χ0n) is 13.9. The summed E-state index contributed by atoms with van der Waals surface area (Å²) < 4.78 is 0. The van der Waals surface area contributed by atoms with Gasteiger partial charge in [0.1, 0.15) is 0 Å². The molecule has 1 heterocycles. The lowest BCUT2D eigenvalue weighted by molar-refractivity contribution is -0.119. The van der Waals surface area contributed by atoms with Crippen molar-refractivity contribution >= 4 is 11.9 Å². The van der Waals surface area contributed by atoms with E-state index in [1.807, 2.05) is 26.0 Å². The van der Waals surface area contributed by atoms with Gasteiger partial charge in [-0.3, -0.25) is 15.2 Å². The molecule has 22 heavy (non-hydrogen) atoms. The van der Waals surface area contributed by atoms with E-state index in [0.29, 0.717) is 11.8 Å². The highest BCUT2D eigenvalue weighted by molar-refractivity contribution is 5.90. The van der Waals surface area contributed by atoms with Crippen molar-refractivity contribution in [2.45, 2.75) is 46.5 Å². The van der Waals surface area contributed by atoms with Gasteiger partial charge in [0.05, 0.1) is 0 Å². The SMILES string of the molecule is CC[C@@H](C)C(=O)Nc1n[nH]c(-c2ccc(C(C)(C)C)cc2)n1. The Morgan fingerprint density at radius 2 is 1.91 bits per heavy atom. The van der Waals surface area contributed by atoms with Gasteiger partial charge in [0.2, 0.25) is 11.9 Å². The van der Waals surface area contributed by atoms with Crippen molar-refractivity contribution in [3.8, 4) is 11.4 Å². The fourth-order valence-electron chi connectivity index (χ4n) is 1.99. The predicted octanol–water partition coefficient (Wildman–Crippen LogP) is 3.75. The van der Waals surface area contributed by atoms with Crippen LogP contribution in [-0.2, 0) is 10.2 Å². The molecule has 0 saturated heterocycles. The van der Waals surface area contributed by atoms with Gasteiger partial charge in [0.25, 0.3) is 0 Å². The molecule has 1 aromatic carbocycles. The van der Waals surface area contributed by atoms with Crippen LogP contribution in [0.3, 0.4) is 0 Å². The van der Waals surface area contributed by atoms with E-state index in [1.165, 1.54) is 5.56 Å². The maximum atomic E-state index is 11.8. The summed E-state index contributed by atoms with van der Waals surface area (Å²) in [6.07, 6.45) is 0.789. The quantitative estimate of drug-likeness (QED) is 0.903. The highest BCUT2D eigenvalue weighted by Gasteiger charge is 2.15. The molecule has 0 fully saturated rings. The van der Waals surface area contributed by atoms with E-state index in [2.05, 4.69) is 53.4 Å². The van der Waals surface area contributed by atoms with Crippen LogP contribution in [0.25, 0.3) is 11.4 Å². The molecule has 0 aliphatic rings. The summed E-state index contributed by atoms with van der Waals surface area (Å²) in [6, 6.07) is 8.22. The molecular formula is C17H24N4O. The second-order valence-corrected chi connectivity index (χ2v) is 6.63. The molecule has 1 aromatic heterocycles. The van der Waals surface area contributed by atoms with Crippen LogP contribution in [0.4, 0.5) is 5.95 Å². The third-order valence-electron chi connectivity index (χ3n) is 3.80. The Labute approximate surface area is 131 Å². The van der Waals surface area contributed by atoms with Gasteiger partial charge in [0, 0.05) is 11.5 Å². The number of H-pyrrole nitrogens is 1. The second-order valence-electron chi connectivity index (χ2n) is 6.63. The molecule has 0 aliphatic heterocycles. The fraction of sp³-hybridized carbons (Fsp3) is 0.471. The molecule has 0 bridgehead atoms. The molecule has 5 heteroatoms. The Morgan fingerprint density at radius 3 is 2.45 bits per heavy atom. The van der Waals surface area contributed by atoms with Crippen LogP contribution >= 0.6 is 0 Å². The van der Waals surface area contributed by atoms with E-state index < -0.39 is 0 Å². The number of aromatic amines is 1. The van der Waals surface area contributed by atoms with Gasteiger partial charge in [0.15, 0.2) is 5.82 Å². The monoisotopic (exact) mass is 300 g/mol. The number of carbonyl (C=O) groups excluding carboxylic acids is 1. The van der Waals surface area contributed by atoms with Crippen LogP contribution in [0.15, 0.2) is 24.3 Å². The highest BCUT2D eigenvalue weighted by Crippen LogP contribution is 2.25. The van der Waals surface area contributed by atoms with Crippen molar-refractivity contribution in [2.24, 2.45) is 5.92 Å². The van der Waals surface area contributed by atoms with E-state index in [4.69, 9.17) is 0 Å². The lowest BCUT2D eigenvalue weighted by Gasteiger charge is -2.18. The molecular weight excluding hydrogens is 276 g/mol. The van der Waals surface area contributed by atoms with Crippen molar-refractivity contribution in [1.29, 1.82) is 0 Å². The Hall–Kier alpha value is -2.17. The third-order valence-corrected chi connectivity index (χ3v) is 3.80. The van der Waals surface area contributed by atoms with Gasteiger partial charge >= 0.3 is 0 Å². The maximum absolute atomic E-state index is 11.8. The number of amides is 1. The molecule has 2 rings (SSSR count). The van der Waals surface area contributed by atoms with Crippen LogP contribution in [0.1, 0.15) is 46.6 Å². The van der Waals surface area contributed by atoms with Crippen molar-refractivity contribution < 1.29 is 4.79 Å². The van der Waals surface area contributed by atoms with Crippen LogP contribution in [0, 0.1) is 5.92 Å². The van der Waals surface area contributed by atoms with E-state index in [-0.39, 0.29) is 17.2 Å². The number of hydrogen-bond acceptors (Lipinski definition) is 3. The summed E-state index contributed by atoms with van der Waals surface area (Å²) in [4.78, 5) is 16.2. The summed E-state index contributed by atoms with van der Waals surface area (Å²) in [5.74, 6) is 0.865. The van der Waals surface area contributed by atoms with Gasteiger partial charge in [-0.05, 0) is 17.4 Å². The summed E-state index contributed by atoms with van der Waals surface area (Å²) in [5, 5.41) is 9.65. The minimum Gasteiger partial charge on any atom is -0.293 e. The average Bonchev–Trinajstić information content (AvgIpc) is 2.94. The minimum atomic E-state index is -0.0591. The fourth-order valence-corrected chi connectivity index (χ4v) is 1.99. The van der Waals surface area contributed by atoms with Crippen LogP contribution in [0.5, 0.6) is 0 Å². The molecule has 2 N–H and O–H groups in total. The zero-order valence-corrected chi connectivity index (χ0v) is 13.9. The molecule has 5 nitrogen and oxygen atoms in total. The number of aromatic nitrogens is 3. The van der Waals surface area contributed by atoms with Crippen LogP contribution in [-0.4, -0.2) is 21.1 Å². The lowest BCUT2D eigenvalue weighted by atomic mass is 9.87. The van der Waals surface area contributed by atoms with Crippen molar-refractivity contribution in [3.05, 3.63) is 29.8 Å². The third kappa shape index (κ3) is 3.72. The molecule has 0 radical (unpaired) electrons. The number of nitrogens with zero attached hydrogens (tertiary/aromatic N) is 2. The molecule has 1 amide bonds. The summed E-state index contributed by atoms with van der Waals surface area (Å²) >= 11 is 0. The van der Waals surface area contributed by atoms with Gasteiger partial charge in [-0.2, -0.15) is 4.98 Å². The smallest absolute Gasteiger partial charge is 0.249 e. The Bertz CT molecular complexity index is 637. The zero-order chi connectivity index (χ0) is 16.3. The van der Waals surface area contributed by atoms with Crippen molar-refractivity contribution in [1.82, 2.24) is 15.2 Å². The lowest BCUT2D eigenvalue weighted by Crippen LogP contribution is -2.20. The summed E-state index contributed by atoms with van der Waals surface area (Å²) in [6.45, 7) is 10.4. The van der Waals surface area contributed by atoms with E-state index in [9.17, 15) is 4.79 Å². The topological polar surface area (TPSA) is 70.7 Å². The first-order chi connectivity index (χ1) is 10.3. The first-order valence-corrected chi connectivity index (χ1v) is 7.65. The Morgan fingerprint density at radius 1 is 1.27 bits per heavy atom. The average molecular weight is 300 g/mol. The molecule has 2 aromatic rings. The standard InChI is InChI=1S/C17H24N4O/c1-6-11(2)15(22)19-16-18-14(20-21-16)12-7-9-13(10-8-12)17(3,4)5/h7-11H,6H2,1-5H3,(H2,18,19,20,21,22)/t11-/m1/s1. The molecule has 118 valence electrons. The Kier molecular flexibility index (Phi) is 4.64. The van der Waals surface area contributed by atoms with Crippen LogP contribution in [0.2, 0.25) is 0 Å². The van der Waals surface area contributed by atoms with E-state index >= 15 is 0 Å². The number of nitrogens with one attached hydrogen (secondary N) is 2. The van der Waals surface area contributed by atoms with Crippen molar-refractivity contribution in [2.75, 3.05) is 5.32 Å². The first-order valence-electron chi connectivity index (χ1n) is 7.65. The molecule has 0 aliphatic carbocycles. The number of hydrogen-bond donors (Lipinski definition) is 2. The summed E-state index contributed by atoms with van der Waals surface area (Å²) in [7, 11) is 0. The Balaban J connectivity index is 2.13. The normalized spacial score (nSPS) is 13.0. The minimum absolute atomic E-state index is 0.0481.